The molecule has 0 saturated heterocycles. The van der Waals surface area contributed by atoms with Gasteiger partial charge in [0.25, 0.3) is 5.78 Å². The molecule has 0 radical (unpaired) electrons. The quantitative estimate of drug-likeness (QED) is 0.818. The summed E-state index contributed by atoms with van der Waals surface area (Å²) in [5.41, 5.74) is -1.77. The van der Waals surface area contributed by atoms with Crippen molar-refractivity contribution in [2.24, 2.45) is 0 Å². The van der Waals surface area contributed by atoms with Crippen LogP contribution in [0.2, 0.25) is 5.02 Å². The van der Waals surface area contributed by atoms with Gasteiger partial charge in [-0.2, -0.15) is 0 Å². The molecule has 1 aromatic rings. The van der Waals surface area contributed by atoms with E-state index in [0.717, 1.165) is 19.1 Å². The van der Waals surface area contributed by atoms with Crippen LogP contribution in [-0.2, 0) is 29.4 Å². The van der Waals surface area contributed by atoms with Gasteiger partial charge in [-0.15, -0.1) is 0 Å². The van der Waals surface area contributed by atoms with Crippen LogP contribution >= 0.6 is 11.6 Å². The minimum absolute atomic E-state index is 0.0180. The van der Waals surface area contributed by atoms with Crippen molar-refractivity contribution in [3.8, 4) is 0 Å². The third-order valence-electron chi connectivity index (χ3n) is 3.33. The number of benzene rings is 1. The van der Waals surface area contributed by atoms with Gasteiger partial charge in [-0.05, 0) is 32.0 Å². The lowest BCUT2D eigenvalue weighted by Crippen LogP contribution is -2.33. The summed E-state index contributed by atoms with van der Waals surface area (Å²) >= 11 is 6.05. The maximum atomic E-state index is 13.6. The first-order chi connectivity index (χ1) is 11.7. The Morgan fingerprint density at radius 1 is 1.40 bits per heavy atom. The summed E-state index contributed by atoms with van der Waals surface area (Å²) in [5.74, 6) is -3.19. The van der Waals surface area contributed by atoms with Crippen LogP contribution in [0, 0.1) is 5.82 Å². The zero-order chi connectivity index (χ0) is 18.8. The summed E-state index contributed by atoms with van der Waals surface area (Å²) in [6.45, 7) is 4.05. The Bertz CT molecular complexity index is 778. The molecule has 2 rings (SSSR count). The van der Waals surface area contributed by atoms with Crippen molar-refractivity contribution in [1.82, 2.24) is 5.32 Å². The van der Waals surface area contributed by atoms with Crippen molar-refractivity contribution >= 4 is 29.4 Å². The van der Waals surface area contributed by atoms with E-state index in [2.05, 4.69) is 5.32 Å². The minimum Gasteiger partial charge on any atom is -0.456 e. The van der Waals surface area contributed by atoms with E-state index >= 15 is 0 Å². The topological polar surface area (TPSA) is 90.9 Å². The van der Waals surface area contributed by atoms with Gasteiger partial charge >= 0.3 is 12.1 Å². The standard InChI is InChI=1S/C16H15ClFNO6/c1-4-23-15(22)19-14-12(24-8(2)20)13(21)16(3,25-14)10-7-9(18)5-6-11(10)17/h5-7H,4H2,1-3H3,(H,19,22). The molecule has 1 aliphatic rings. The van der Waals surface area contributed by atoms with Gasteiger partial charge in [0.1, 0.15) is 5.82 Å². The number of amides is 1. The number of halogens is 2. The van der Waals surface area contributed by atoms with E-state index in [1.54, 1.807) is 6.92 Å². The fourth-order valence-corrected chi connectivity index (χ4v) is 2.53. The number of ether oxygens (including phenoxy) is 3. The summed E-state index contributed by atoms with van der Waals surface area (Å²) in [6.07, 6.45) is -0.912. The number of carbonyl (C=O) groups excluding carboxylic acids is 3. The molecular weight excluding hydrogens is 357 g/mol. The number of rotatable bonds is 4. The third-order valence-corrected chi connectivity index (χ3v) is 3.66. The van der Waals surface area contributed by atoms with Crippen LogP contribution in [0.15, 0.2) is 29.8 Å². The molecule has 134 valence electrons. The predicted octanol–water partition coefficient (Wildman–Crippen LogP) is 2.77. The van der Waals surface area contributed by atoms with Gasteiger partial charge in [-0.25, -0.2) is 9.18 Å². The molecule has 0 fully saturated rings. The molecule has 1 N–H and O–H groups in total. The fourth-order valence-electron chi connectivity index (χ4n) is 2.24. The first kappa shape index (κ1) is 18.7. The molecular formula is C16H15ClFNO6. The minimum atomic E-state index is -1.79. The number of hydrogen-bond donors (Lipinski definition) is 1. The number of esters is 1. The Balaban J connectivity index is 2.45. The van der Waals surface area contributed by atoms with Crippen molar-refractivity contribution in [2.75, 3.05) is 6.61 Å². The second kappa shape index (κ2) is 7.10. The first-order valence-corrected chi connectivity index (χ1v) is 7.62. The number of alkyl carbamates (subject to hydrolysis) is 1. The van der Waals surface area contributed by atoms with Crippen molar-refractivity contribution in [1.29, 1.82) is 0 Å². The van der Waals surface area contributed by atoms with Gasteiger partial charge in [-0.3, -0.25) is 14.9 Å². The van der Waals surface area contributed by atoms with Crippen molar-refractivity contribution in [3.05, 3.63) is 46.2 Å². The van der Waals surface area contributed by atoms with Gasteiger partial charge in [0, 0.05) is 17.5 Å². The van der Waals surface area contributed by atoms with Crippen molar-refractivity contribution in [3.63, 3.8) is 0 Å². The first-order valence-electron chi connectivity index (χ1n) is 7.24. The van der Waals surface area contributed by atoms with Crippen LogP contribution < -0.4 is 5.32 Å². The monoisotopic (exact) mass is 371 g/mol. The molecule has 1 aliphatic heterocycles. The zero-order valence-electron chi connectivity index (χ0n) is 13.6. The van der Waals surface area contributed by atoms with E-state index in [-0.39, 0.29) is 17.2 Å². The van der Waals surface area contributed by atoms with E-state index < -0.39 is 40.9 Å². The lowest BCUT2D eigenvalue weighted by molar-refractivity contribution is -0.142. The van der Waals surface area contributed by atoms with Gasteiger partial charge in [0.05, 0.1) is 6.61 Å². The van der Waals surface area contributed by atoms with Crippen LogP contribution in [0.3, 0.4) is 0 Å². The molecule has 0 aliphatic carbocycles. The number of nitrogens with one attached hydrogen (secondary N) is 1. The molecule has 9 heteroatoms. The summed E-state index contributed by atoms with van der Waals surface area (Å²) in [7, 11) is 0. The molecule has 0 saturated carbocycles. The molecule has 25 heavy (non-hydrogen) atoms. The van der Waals surface area contributed by atoms with Crippen LogP contribution in [0.4, 0.5) is 9.18 Å². The van der Waals surface area contributed by atoms with Gasteiger partial charge in [-0.1, -0.05) is 11.6 Å². The number of Topliss-reactive ketones (excluding diaryl/α,β-unsaturated/α-hetero) is 1. The zero-order valence-corrected chi connectivity index (χ0v) is 14.4. The van der Waals surface area contributed by atoms with E-state index in [0.29, 0.717) is 0 Å². The lowest BCUT2D eigenvalue weighted by Gasteiger charge is -2.24. The Kier molecular flexibility index (Phi) is 5.32. The number of hydrogen-bond acceptors (Lipinski definition) is 6. The molecule has 0 aromatic heterocycles. The van der Waals surface area contributed by atoms with E-state index in [9.17, 15) is 18.8 Å². The summed E-state index contributed by atoms with van der Waals surface area (Å²) in [6, 6.07) is 3.40. The second-order valence-corrected chi connectivity index (χ2v) is 5.59. The van der Waals surface area contributed by atoms with Crippen LogP contribution in [0.25, 0.3) is 0 Å². The SMILES string of the molecule is CCOC(=O)NC1=C(OC(C)=O)C(=O)C(C)(c2cc(F)ccc2Cl)O1. The average molecular weight is 372 g/mol. The predicted molar refractivity (Wildman–Crippen MR) is 83.8 cm³/mol. The summed E-state index contributed by atoms with van der Waals surface area (Å²) in [4.78, 5) is 35.6. The van der Waals surface area contributed by atoms with Gasteiger partial charge in [0.15, 0.2) is 0 Å². The van der Waals surface area contributed by atoms with Gasteiger partial charge < -0.3 is 14.2 Å². The van der Waals surface area contributed by atoms with Gasteiger partial charge in [0.2, 0.25) is 17.2 Å². The molecule has 1 amide bonds. The molecule has 1 atom stereocenters. The molecule has 1 heterocycles. The lowest BCUT2D eigenvalue weighted by atomic mass is 9.91. The van der Waals surface area contributed by atoms with Crippen LogP contribution in [0.5, 0.6) is 0 Å². The highest BCUT2D eigenvalue weighted by Crippen LogP contribution is 2.41. The molecule has 1 unspecified atom stereocenters. The maximum absolute atomic E-state index is 13.6. The Hall–Kier alpha value is -2.61. The van der Waals surface area contributed by atoms with Crippen molar-refractivity contribution < 1.29 is 33.0 Å². The van der Waals surface area contributed by atoms with E-state index in [1.807, 2.05) is 0 Å². The maximum Gasteiger partial charge on any atom is 0.414 e. The summed E-state index contributed by atoms with van der Waals surface area (Å²) in [5, 5.41) is 2.25. The van der Waals surface area contributed by atoms with Crippen LogP contribution in [-0.4, -0.2) is 24.5 Å². The molecule has 0 bridgehead atoms. The highest BCUT2D eigenvalue weighted by molar-refractivity contribution is 6.32. The second-order valence-electron chi connectivity index (χ2n) is 5.19. The third kappa shape index (κ3) is 3.74. The number of carbonyl (C=O) groups is 3. The average Bonchev–Trinajstić information content (AvgIpc) is 2.75. The molecule has 0 spiro atoms. The normalized spacial score (nSPS) is 19.5. The van der Waals surface area contributed by atoms with Crippen molar-refractivity contribution in [2.45, 2.75) is 26.4 Å². The largest absolute Gasteiger partial charge is 0.456 e. The molecule has 1 aromatic carbocycles. The van der Waals surface area contributed by atoms with Crippen LogP contribution in [0.1, 0.15) is 26.3 Å². The Morgan fingerprint density at radius 3 is 2.68 bits per heavy atom. The Labute approximate surface area is 147 Å². The van der Waals surface area contributed by atoms with E-state index in [4.69, 9.17) is 25.8 Å². The van der Waals surface area contributed by atoms with E-state index in [1.165, 1.54) is 13.0 Å². The smallest absolute Gasteiger partial charge is 0.414 e. The summed E-state index contributed by atoms with van der Waals surface area (Å²) < 4.78 is 28.7. The Morgan fingerprint density at radius 2 is 2.08 bits per heavy atom. The highest BCUT2D eigenvalue weighted by atomic mass is 35.5. The number of ketones is 1. The molecule has 7 nitrogen and oxygen atoms in total. The fraction of sp³-hybridized carbons (Fsp3) is 0.312. The highest BCUT2D eigenvalue weighted by Gasteiger charge is 2.51.